The van der Waals surface area contributed by atoms with Crippen LogP contribution in [0.3, 0.4) is 0 Å². The van der Waals surface area contributed by atoms with Crippen LogP contribution in [0.4, 0.5) is 0 Å². The molecule has 0 atom stereocenters. The molecule has 0 saturated heterocycles. The lowest BCUT2D eigenvalue weighted by molar-refractivity contribution is 0.0955. The number of aromatic nitrogens is 4. The van der Waals surface area contributed by atoms with Crippen LogP contribution in [0.15, 0.2) is 55.2 Å². The molecule has 1 aromatic carbocycles. The van der Waals surface area contributed by atoms with E-state index >= 15 is 0 Å². The molecule has 0 aliphatic heterocycles. The van der Waals surface area contributed by atoms with Gasteiger partial charge in [0.15, 0.2) is 5.82 Å². The van der Waals surface area contributed by atoms with Crippen molar-refractivity contribution in [2.45, 2.75) is 6.54 Å². The molecular weight excluding hydrogens is 358 g/mol. The highest BCUT2D eigenvalue weighted by Crippen LogP contribution is 2.35. The van der Waals surface area contributed by atoms with Gasteiger partial charge >= 0.3 is 0 Å². The van der Waals surface area contributed by atoms with Crippen LogP contribution in [-0.2, 0) is 6.54 Å². The molecule has 0 aliphatic carbocycles. The first kappa shape index (κ1) is 15.7. The van der Waals surface area contributed by atoms with E-state index < -0.39 is 0 Å². The Hall–Kier alpha value is -2.77. The molecule has 0 aliphatic rings. The topological polar surface area (TPSA) is 72.7 Å². The molecule has 6 nitrogen and oxygen atoms in total. The molecular formula is C17H12ClN5OS. The highest BCUT2D eigenvalue weighted by Gasteiger charge is 2.17. The third-order valence-corrected chi connectivity index (χ3v) is 5.36. The van der Waals surface area contributed by atoms with E-state index in [9.17, 15) is 4.79 Å². The van der Waals surface area contributed by atoms with Gasteiger partial charge in [0, 0.05) is 28.4 Å². The van der Waals surface area contributed by atoms with Gasteiger partial charge in [-0.15, -0.1) is 11.3 Å². The van der Waals surface area contributed by atoms with E-state index in [1.165, 1.54) is 17.7 Å². The van der Waals surface area contributed by atoms with E-state index in [-0.39, 0.29) is 5.91 Å². The normalized spacial score (nSPS) is 10.9. The van der Waals surface area contributed by atoms with Crippen LogP contribution in [-0.4, -0.2) is 25.7 Å². The van der Waals surface area contributed by atoms with Gasteiger partial charge in [0.1, 0.15) is 17.5 Å². The summed E-state index contributed by atoms with van der Waals surface area (Å²) >= 11 is 7.74. The molecule has 0 spiro atoms. The Morgan fingerprint density at radius 3 is 2.92 bits per heavy atom. The van der Waals surface area contributed by atoms with E-state index in [2.05, 4.69) is 20.4 Å². The summed E-state index contributed by atoms with van der Waals surface area (Å²) < 4.78 is 2.55. The zero-order valence-corrected chi connectivity index (χ0v) is 14.5. The number of nitrogens with one attached hydrogen (secondary N) is 1. The van der Waals surface area contributed by atoms with Gasteiger partial charge in [-0.3, -0.25) is 4.79 Å². The number of carbonyl (C=O) groups excluding carboxylic acids is 1. The zero-order chi connectivity index (χ0) is 17.2. The van der Waals surface area contributed by atoms with Crippen LogP contribution < -0.4 is 5.32 Å². The fourth-order valence-electron chi connectivity index (χ4n) is 2.51. The Morgan fingerprint density at radius 2 is 2.12 bits per heavy atom. The van der Waals surface area contributed by atoms with E-state index in [4.69, 9.17) is 11.6 Å². The van der Waals surface area contributed by atoms with Gasteiger partial charge in [-0.25, -0.2) is 14.6 Å². The third-order valence-electron chi connectivity index (χ3n) is 3.68. The predicted octanol–water partition coefficient (Wildman–Crippen LogP) is 3.46. The van der Waals surface area contributed by atoms with Gasteiger partial charge in [0.25, 0.3) is 5.91 Å². The average molecular weight is 370 g/mol. The molecule has 3 aromatic heterocycles. The van der Waals surface area contributed by atoms with Crippen molar-refractivity contribution in [3.05, 3.63) is 70.7 Å². The maximum absolute atomic E-state index is 12.6. The molecule has 4 rings (SSSR count). The first-order valence-electron chi connectivity index (χ1n) is 7.48. The van der Waals surface area contributed by atoms with Crippen molar-refractivity contribution in [1.82, 2.24) is 25.1 Å². The number of hydrogen-bond donors (Lipinski definition) is 1. The maximum Gasteiger partial charge on any atom is 0.263 e. The predicted molar refractivity (Wildman–Crippen MR) is 97.2 cm³/mol. The molecule has 8 heteroatoms. The third kappa shape index (κ3) is 2.99. The molecule has 124 valence electrons. The maximum atomic E-state index is 12.6. The average Bonchev–Trinajstić information content (AvgIpc) is 3.29. The highest BCUT2D eigenvalue weighted by atomic mass is 35.5. The summed E-state index contributed by atoms with van der Waals surface area (Å²) in [7, 11) is 0. The van der Waals surface area contributed by atoms with Crippen molar-refractivity contribution >= 4 is 38.9 Å². The van der Waals surface area contributed by atoms with Gasteiger partial charge in [0.05, 0.1) is 5.02 Å². The molecule has 3 heterocycles. The minimum absolute atomic E-state index is 0.209. The van der Waals surface area contributed by atoms with Crippen molar-refractivity contribution < 1.29 is 4.79 Å². The molecule has 25 heavy (non-hydrogen) atoms. The number of rotatable bonds is 4. The first-order chi connectivity index (χ1) is 12.2. The fourth-order valence-corrected chi connectivity index (χ4v) is 3.94. The summed E-state index contributed by atoms with van der Waals surface area (Å²) in [6.45, 7) is 0.312. The second-order valence-corrected chi connectivity index (χ2v) is 6.68. The number of benzene rings is 1. The first-order valence-corrected chi connectivity index (χ1v) is 8.67. The Kier molecular flexibility index (Phi) is 4.17. The van der Waals surface area contributed by atoms with E-state index in [1.54, 1.807) is 17.2 Å². The minimum atomic E-state index is -0.209. The number of hydrogen-bond acceptors (Lipinski definition) is 5. The molecule has 0 saturated carbocycles. The smallest absolute Gasteiger partial charge is 0.263 e. The minimum Gasteiger partial charge on any atom is -0.347 e. The van der Waals surface area contributed by atoms with Crippen LogP contribution >= 0.6 is 22.9 Å². The summed E-state index contributed by atoms with van der Waals surface area (Å²) in [6.07, 6.45) is 4.68. The summed E-state index contributed by atoms with van der Waals surface area (Å²) in [5.41, 5.74) is 0.832. The van der Waals surface area contributed by atoms with Crippen molar-refractivity contribution in [3.8, 4) is 5.82 Å². The lowest BCUT2D eigenvalue weighted by Crippen LogP contribution is -2.23. The Labute approximate surface area is 152 Å². The van der Waals surface area contributed by atoms with Crippen LogP contribution in [0.5, 0.6) is 0 Å². The van der Waals surface area contributed by atoms with Crippen molar-refractivity contribution in [3.63, 3.8) is 0 Å². The molecule has 0 unspecified atom stereocenters. The van der Waals surface area contributed by atoms with Gasteiger partial charge in [-0.1, -0.05) is 35.9 Å². The number of amides is 1. The van der Waals surface area contributed by atoms with Gasteiger partial charge in [-0.05, 0) is 12.1 Å². The quantitative estimate of drug-likeness (QED) is 0.598. The lowest BCUT2D eigenvalue weighted by atomic mass is 10.2. The van der Waals surface area contributed by atoms with Gasteiger partial charge < -0.3 is 5.32 Å². The number of nitrogens with zero attached hydrogens (tertiary/aromatic N) is 4. The van der Waals surface area contributed by atoms with Crippen molar-refractivity contribution in [1.29, 1.82) is 0 Å². The monoisotopic (exact) mass is 369 g/mol. The summed E-state index contributed by atoms with van der Waals surface area (Å²) in [5, 5.41) is 8.37. The van der Waals surface area contributed by atoms with Crippen molar-refractivity contribution in [2.24, 2.45) is 0 Å². The lowest BCUT2D eigenvalue weighted by Gasteiger charge is -2.08. The Bertz CT molecular complexity index is 1040. The van der Waals surface area contributed by atoms with Gasteiger partial charge in [-0.2, -0.15) is 5.10 Å². The van der Waals surface area contributed by atoms with Crippen LogP contribution in [0, 0.1) is 0 Å². The summed E-state index contributed by atoms with van der Waals surface area (Å²) in [4.78, 5) is 21.3. The van der Waals surface area contributed by atoms with Crippen molar-refractivity contribution in [2.75, 3.05) is 0 Å². The van der Waals surface area contributed by atoms with E-state index in [0.717, 1.165) is 15.6 Å². The fraction of sp³-hybridized carbons (Fsp3) is 0.0588. The molecule has 0 fully saturated rings. The van der Waals surface area contributed by atoms with Crippen LogP contribution in [0.2, 0.25) is 5.02 Å². The molecule has 1 N–H and O–H groups in total. The zero-order valence-electron chi connectivity index (χ0n) is 12.9. The second kappa shape index (κ2) is 6.62. The molecule has 0 radical (unpaired) electrons. The summed E-state index contributed by atoms with van der Waals surface area (Å²) in [5.74, 6) is 0.419. The molecule has 1 amide bonds. The van der Waals surface area contributed by atoms with E-state index in [0.29, 0.717) is 22.3 Å². The second-order valence-electron chi connectivity index (χ2n) is 5.25. The Morgan fingerprint density at radius 1 is 1.24 bits per heavy atom. The standard InChI is InChI=1S/C17H12ClN5OS/c18-14-12-5-1-2-6-13(12)25-15(14)17(24)21-8-11-4-3-7-20-16(11)23-10-19-9-22-23/h1-7,9-10H,8H2,(H,21,24). The number of pyridine rings is 1. The number of halogens is 1. The van der Waals surface area contributed by atoms with Gasteiger partial charge in [0.2, 0.25) is 0 Å². The SMILES string of the molecule is O=C(NCc1cccnc1-n1cncn1)c1sc2ccccc2c1Cl. The number of carbonyl (C=O) groups is 1. The van der Waals surface area contributed by atoms with E-state index in [1.807, 2.05) is 36.4 Å². The highest BCUT2D eigenvalue weighted by molar-refractivity contribution is 7.21. The molecule has 0 bridgehead atoms. The van der Waals surface area contributed by atoms with Crippen LogP contribution in [0.1, 0.15) is 15.2 Å². The Balaban J connectivity index is 1.57. The van der Waals surface area contributed by atoms with Crippen LogP contribution in [0.25, 0.3) is 15.9 Å². The summed E-state index contributed by atoms with van der Waals surface area (Å²) in [6, 6.07) is 11.4. The number of thiophene rings is 1. The molecule has 4 aromatic rings. The largest absolute Gasteiger partial charge is 0.347 e. The number of fused-ring (bicyclic) bond motifs is 1.